The Balaban J connectivity index is 2.50. The number of hydrogen-bond donors (Lipinski definition) is 1. The van der Waals surface area contributed by atoms with Gasteiger partial charge in [0.25, 0.3) is 0 Å². The second-order valence-electron chi connectivity index (χ2n) is 5.42. The van der Waals surface area contributed by atoms with Crippen LogP contribution in [0.4, 0.5) is 8.78 Å². The van der Waals surface area contributed by atoms with Crippen molar-refractivity contribution >= 4 is 11.7 Å². The number of likely N-dealkylation sites (N-methyl/N-ethyl adjacent to an activating group) is 1. The van der Waals surface area contributed by atoms with Gasteiger partial charge in [-0.3, -0.25) is 14.5 Å². The third-order valence-electron chi connectivity index (χ3n) is 2.78. The third-order valence-corrected chi connectivity index (χ3v) is 2.78. The molecule has 0 heterocycles. The second-order valence-corrected chi connectivity index (χ2v) is 5.42. The number of halogens is 2. The number of carbonyl (C=O) groups excluding carboxylic acids is 2. The molecule has 0 aromatic heterocycles. The number of nitrogens with one attached hydrogen (secondary N) is 1. The Bertz CT molecular complexity index is 518. The third kappa shape index (κ3) is 5.99. The van der Waals surface area contributed by atoms with E-state index in [0.717, 1.165) is 12.1 Å². The van der Waals surface area contributed by atoms with Gasteiger partial charge in [-0.25, -0.2) is 8.78 Å². The van der Waals surface area contributed by atoms with Gasteiger partial charge in [-0.15, -0.1) is 0 Å². The van der Waals surface area contributed by atoms with Crippen LogP contribution < -0.4 is 5.32 Å². The topological polar surface area (TPSA) is 49.4 Å². The fourth-order valence-corrected chi connectivity index (χ4v) is 1.68. The first-order chi connectivity index (χ1) is 9.79. The monoisotopic (exact) mass is 298 g/mol. The van der Waals surface area contributed by atoms with Crippen molar-refractivity contribution in [3.05, 3.63) is 35.4 Å². The second kappa shape index (κ2) is 7.83. The summed E-state index contributed by atoms with van der Waals surface area (Å²) in [4.78, 5) is 25.0. The van der Waals surface area contributed by atoms with Gasteiger partial charge in [-0.2, -0.15) is 0 Å². The summed E-state index contributed by atoms with van der Waals surface area (Å²) in [5, 5.41) is 2.74. The van der Waals surface area contributed by atoms with Crippen LogP contribution in [-0.2, 0) is 4.79 Å². The summed E-state index contributed by atoms with van der Waals surface area (Å²) in [7, 11) is 1.62. The van der Waals surface area contributed by atoms with Crippen molar-refractivity contribution in [2.24, 2.45) is 5.92 Å². The molecule has 0 aliphatic heterocycles. The maximum absolute atomic E-state index is 13.1. The number of amides is 1. The minimum atomic E-state index is -1.06. The highest BCUT2D eigenvalue weighted by atomic mass is 19.2. The molecule has 0 aliphatic rings. The zero-order valence-corrected chi connectivity index (χ0v) is 12.5. The Hall–Kier alpha value is -1.82. The zero-order valence-electron chi connectivity index (χ0n) is 12.5. The summed E-state index contributed by atoms with van der Waals surface area (Å²) >= 11 is 0. The van der Waals surface area contributed by atoms with Crippen molar-refractivity contribution in [3.63, 3.8) is 0 Å². The first kappa shape index (κ1) is 17.2. The first-order valence-electron chi connectivity index (χ1n) is 6.73. The van der Waals surface area contributed by atoms with Crippen LogP contribution in [0.3, 0.4) is 0 Å². The summed E-state index contributed by atoms with van der Waals surface area (Å²) < 4.78 is 25.9. The number of Topliss-reactive ketones (excluding diaryl/α,β-unsaturated/α-hetero) is 1. The molecule has 0 saturated heterocycles. The molecule has 0 unspecified atom stereocenters. The molecule has 21 heavy (non-hydrogen) atoms. The number of benzene rings is 1. The van der Waals surface area contributed by atoms with Crippen LogP contribution in [0.5, 0.6) is 0 Å². The van der Waals surface area contributed by atoms with Crippen LogP contribution in [-0.4, -0.2) is 43.3 Å². The molecule has 0 radical (unpaired) electrons. The molecular weight excluding hydrogens is 278 g/mol. The van der Waals surface area contributed by atoms with Gasteiger partial charge < -0.3 is 5.32 Å². The number of carbonyl (C=O) groups is 2. The van der Waals surface area contributed by atoms with Gasteiger partial charge in [-0.05, 0) is 31.2 Å². The fraction of sp³-hybridized carbons (Fsp3) is 0.467. The van der Waals surface area contributed by atoms with E-state index in [4.69, 9.17) is 0 Å². The highest BCUT2D eigenvalue weighted by molar-refractivity contribution is 5.97. The van der Waals surface area contributed by atoms with Crippen LogP contribution >= 0.6 is 0 Å². The van der Waals surface area contributed by atoms with E-state index in [9.17, 15) is 18.4 Å². The van der Waals surface area contributed by atoms with Gasteiger partial charge in [0, 0.05) is 12.1 Å². The average Bonchev–Trinajstić information content (AvgIpc) is 2.39. The average molecular weight is 298 g/mol. The van der Waals surface area contributed by atoms with Crippen molar-refractivity contribution in [2.75, 3.05) is 26.7 Å². The standard InChI is InChI=1S/C15H20F2N2O2/c1-10(2)7-18-15(21)9-19(3)8-14(20)11-4-5-12(16)13(17)6-11/h4-6,10H,7-9H2,1-3H3,(H,18,21). The molecule has 0 fully saturated rings. The van der Waals surface area contributed by atoms with E-state index >= 15 is 0 Å². The van der Waals surface area contributed by atoms with Crippen LogP contribution in [0.1, 0.15) is 24.2 Å². The predicted octanol–water partition coefficient (Wildman–Crippen LogP) is 1.85. The van der Waals surface area contributed by atoms with Crippen LogP contribution in [0, 0.1) is 17.6 Å². The van der Waals surface area contributed by atoms with Crippen molar-refractivity contribution in [1.82, 2.24) is 10.2 Å². The fourth-order valence-electron chi connectivity index (χ4n) is 1.68. The molecule has 1 rings (SSSR count). The predicted molar refractivity (Wildman–Crippen MR) is 76.0 cm³/mol. The molecule has 0 aliphatic carbocycles. The van der Waals surface area contributed by atoms with E-state index in [1.807, 2.05) is 13.8 Å². The van der Waals surface area contributed by atoms with Gasteiger partial charge in [0.1, 0.15) is 0 Å². The Kier molecular flexibility index (Phi) is 6.42. The number of ketones is 1. The lowest BCUT2D eigenvalue weighted by Gasteiger charge is -2.16. The SMILES string of the molecule is CC(C)CNC(=O)CN(C)CC(=O)c1ccc(F)c(F)c1. The molecule has 1 amide bonds. The maximum atomic E-state index is 13.1. The number of rotatable bonds is 7. The number of nitrogens with zero attached hydrogens (tertiary/aromatic N) is 1. The van der Waals surface area contributed by atoms with E-state index in [-0.39, 0.29) is 30.3 Å². The molecule has 1 aromatic carbocycles. The minimum Gasteiger partial charge on any atom is -0.355 e. The minimum absolute atomic E-state index is 0.0415. The largest absolute Gasteiger partial charge is 0.355 e. The van der Waals surface area contributed by atoms with Crippen molar-refractivity contribution in [2.45, 2.75) is 13.8 Å². The smallest absolute Gasteiger partial charge is 0.234 e. The van der Waals surface area contributed by atoms with E-state index in [1.165, 1.54) is 11.0 Å². The highest BCUT2D eigenvalue weighted by Crippen LogP contribution is 2.09. The number of hydrogen-bond acceptors (Lipinski definition) is 3. The summed E-state index contributed by atoms with van der Waals surface area (Å²) in [5.74, 6) is -2.24. The van der Waals surface area contributed by atoms with Crippen molar-refractivity contribution in [3.8, 4) is 0 Å². The lowest BCUT2D eigenvalue weighted by Crippen LogP contribution is -2.38. The summed E-state index contributed by atoms with van der Waals surface area (Å²) in [6, 6.07) is 3.01. The molecule has 1 aromatic rings. The Morgan fingerprint density at radius 1 is 1.19 bits per heavy atom. The van der Waals surface area contributed by atoms with Gasteiger partial charge in [0.05, 0.1) is 13.1 Å². The highest BCUT2D eigenvalue weighted by Gasteiger charge is 2.14. The van der Waals surface area contributed by atoms with Crippen LogP contribution in [0.25, 0.3) is 0 Å². The molecule has 0 atom stereocenters. The van der Waals surface area contributed by atoms with Crippen molar-refractivity contribution < 1.29 is 18.4 Å². The van der Waals surface area contributed by atoms with Crippen LogP contribution in [0.2, 0.25) is 0 Å². The lowest BCUT2D eigenvalue weighted by molar-refractivity contribution is -0.121. The normalized spacial score (nSPS) is 11.0. The van der Waals surface area contributed by atoms with E-state index in [1.54, 1.807) is 7.05 Å². The van der Waals surface area contributed by atoms with Gasteiger partial charge in [0.15, 0.2) is 17.4 Å². The molecule has 4 nitrogen and oxygen atoms in total. The molecular formula is C15H20F2N2O2. The molecule has 6 heteroatoms. The zero-order chi connectivity index (χ0) is 16.0. The molecule has 0 spiro atoms. The maximum Gasteiger partial charge on any atom is 0.234 e. The van der Waals surface area contributed by atoms with Crippen LogP contribution in [0.15, 0.2) is 18.2 Å². The Morgan fingerprint density at radius 3 is 2.43 bits per heavy atom. The van der Waals surface area contributed by atoms with Gasteiger partial charge >= 0.3 is 0 Å². The van der Waals surface area contributed by atoms with Gasteiger partial charge in [-0.1, -0.05) is 13.8 Å². The Labute approximate surface area is 123 Å². The molecule has 0 bridgehead atoms. The quantitative estimate of drug-likeness (QED) is 0.782. The van der Waals surface area contributed by atoms with E-state index < -0.39 is 11.6 Å². The van der Waals surface area contributed by atoms with E-state index in [0.29, 0.717) is 12.5 Å². The summed E-state index contributed by atoms with van der Waals surface area (Å²) in [5.41, 5.74) is 0.0864. The summed E-state index contributed by atoms with van der Waals surface area (Å²) in [6.45, 7) is 4.57. The molecule has 0 saturated carbocycles. The van der Waals surface area contributed by atoms with Crippen molar-refractivity contribution in [1.29, 1.82) is 0 Å². The lowest BCUT2D eigenvalue weighted by atomic mass is 10.1. The molecule has 1 N–H and O–H groups in total. The molecule has 116 valence electrons. The van der Waals surface area contributed by atoms with Gasteiger partial charge in [0.2, 0.25) is 5.91 Å². The van der Waals surface area contributed by atoms with E-state index in [2.05, 4.69) is 5.32 Å². The first-order valence-corrected chi connectivity index (χ1v) is 6.73. The summed E-state index contributed by atoms with van der Waals surface area (Å²) in [6.07, 6.45) is 0. The Morgan fingerprint density at radius 2 is 1.86 bits per heavy atom.